The van der Waals surface area contributed by atoms with Crippen LogP contribution < -0.4 is 21.7 Å². The standard InChI is InChI=1S/C30H33FN4O6/c1-30(2,28(32)37)35-27(36)21-15-18(26-33-13-14-40-26)9-11-23(21)34(29(35)38)17-25(41-20-7-5-4-6-8-20)22-16-19(31)10-12-24(22)39-3/h9-16,20,25H,4-8,17H2,1-3H3,(H2,32,37)/t25-/m0/s1. The molecule has 1 fully saturated rings. The third-order valence-corrected chi connectivity index (χ3v) is 7.78. The number of primary amides is 1. The van der Waals surface area contributed by atoms with E-state index in [0.717, 1.165) is 36.7 Å². The molecule has 0 unspecified atom stereocenters. The zero-order chi connectivity index (χ0) is 29.3. The molecule has 0 aliphatic heterocycles. The van der Waals surface area contributed by atoms with Crippen molar-refractivity contribution in [3.8, 4) is 17.2 Å². The fourth-order valence-corrected chi connectivity index (χ4v) is 5.42. The lowest BCUT2D eigenvalue weighted by atomic mass is 9.97. The zero-order valence-electron chi connectivity index (χ0n) is 23.3. The number of nitrogens with zero attached hydrogens (tertiary/aromatic N) is 3. The van der Waals surface area contributed by atoms with Crippen molar-refractivity contribution in [1.82, 2.24) is 14.1 Å². The first-order valence-electron chi connectivity index (χ1n) is 13.6. The van der Waals surface area contributed by atoms with Crippen LogP contribution in [0.15, 0.2) is 62.9 Å². The Labute approximate surface area is 235 Å². The number of nitrogens with two attached hydrogens (primary N) is 1. The van der Waals surface area contributed by atoms with Gasteiger partial charge in [0.05, 0.1) is 36.9 Å². The predicted molar refractivity (Wildman–Crippen MR) is 150 cm³/mol. The van der Waals surface area contributed by atoms with Gasteiger partial charge in [0.15, 0.2) is 0 Å². The van der Waals surface area contributed by atoms with Crippen LogP contribution in [-0.4, -0.2) is 33.2 Å². The average molecular weight is 565 g/mol. The lowest BCUT2D eigenvalue weighted by Crippen LogP contribution is -2.54. The molecule has 0 bridgehead atoms. The van der Waals surface area contributed by atoms with Crippen molar-refractivity contribution in [1.29, 1.82) is 0 Å². The van der Waals surface area contributed by atoms with Crippen LogP contribution in [0, 0.1) is 5.82 Å². The zero-order valence-corrected chi connectivity index (χ0v) is 23.3. The highest BCUT2D eigenvalue weighted by atomic mass is 19.1. The highest BCUT2D eigenvalue weighted by Gasteiger charge is 2.34. The molecular weight excluding hydrogens is 531 g/mol. The molecule has 2 N–H and O–H groups in total. The number of methoxy groups -OCH3 is 1. The second-order valence-corrected chi connectivity index (χ2v) is 10.8. The van der Waals surface area contributed by atoms with Gasteiger partial charge < -0.3 is 19.6 Å². The number of aromatic nitrogens is 3. The van der Waals surface area contributed by atoms with Gasteiger partial charge in [0.25, 0.3) is 5.56 Å². The van der Waals surface area contributed by atoms with Gasteiger partial charge in [0, 0.05) is 11.1 Å². The quantitative estimate of drug-likeness (QED) is 0.321. The van der Waals surface area contributed by atoms with E-state index in [-0.39, 0.29) is 23.9 Å². The van der Waals surface area contributed by atoms with Crippen molar-refractivity contribution >= 4 is 16.8 Å². The Bertz CT molecular complexity index is 1690. The third-order valence-electron chi connectivity index (χ3n) is 7.78. The Hall–Kier alpha value is -4.25. The van der Waals surface area contributed by atoms with Crippen molar-refractivity contribution in [2.75, 3.05) is 7.11 Å². The maximum absolute atomic E-state index is 14.5. The van der Waals surface area contributed by atoms with Gasteiger partial charge in [-0.2, -0.15) is 0 Å². The van der Waals surface area contributed by atoms with Crippen molar-refractivity contribution in [3.63, 3.8) is 0 Å². The summed E-state index contributed by atoms with van der Waals surface area (Å²) >= 11 is 0. The van der Waals surface area contributed by atoms with E-state index in [9.17, 15) is 18.8 Å². The summed E-state index contributed by atoms with van der Waals surface area (Å²) < 4.78 is 34.3. The van der Waals surface area contributed by atoms with E-state index in [1.54, 1.807) is 18.2 Å². The van der Waals surface area contributed by atoms with Gasteiger partial charge in [-0.1, -0.05) is 19.3 Å². The summed E-state index contributed by atoms with van der Waals surface area (Å²) in [5, 5.41) is 0.150. The normalized spacial score (nSPS) is 15.2. The first-order chi connectivity index (χ1) is 19.6. The molecule has 2 aromatic carbocycles. The van der Waals surface area contributed by atoms with Crippen LogP contribution in [0.4, 0.5) is 4.39 Å². The minimum Gasteiger partial charge on any atom is -0.496 e. The van der Waals surface area contributed by atoms with Crippen LogP contribution in [-0.2, 0) is 21.6 Å². The second kappa shape index (κ2) is 11.3. The third kappa shape index (κ3) is 5.41. The number of halogens is 1. The number of carbonyl (C=O) groups excluding carboxylic acids is 1. The molecule has 5 rings (SSSR count). The molecule has 0 saturated heterocycles. The topological polar surface area (TPSA) is 132 Å². The number of hydrogen-bond donors (Lipinski definition) is 1. The smallest absolute Gasteiger partial charge is 0.332 e. The van der Waals surface area contributed by atoms with Crippen LogP contribution in [0.3, 0.4) is 0 Å². The molecular formula is C30H33FN4O6. The highest BCUT2D eigenvalue weighted by Crippen LogP contribution is 2.34. The van der Waals surface area contributed by atoms with E-state index in [1.807, 2.05) is 0 Å². The largest absolute Gasteiger partial charge is 0.496 e. The van der Waals surface area contributed by atoms with Crippen molar-refractivity contribution in [3.05, 3.63) is 81.1 Å². The van der Waals surface area contributed by atoms with E-state index in [4.69, 9.17) is 19.6 Å². The number of oxazole rings is 1. The number of benzene rings is 2. The van der Waals surface area contributed by atoms with E-state index >= 15 is 0 Å². The fraction of sp³-hybridized carbons (Fsp3) is 0.400. The molecule has 0 spiro atoms. The van der Waals surface area contributed by atoms with E-state index in [1.165, 1.54) is 56.2 Å². The summed E-state index contributed by atoms with van der Waals surface area (Å²) in [6.45, 7) is 2.74. The lowest BCUT2D eigenvalue weighted by Gasteiger charge is -2.30. The molecule has 2 heterocycles. The molecule has 1 aliphatic carbocycles. The SMILES string of the molecule is COc1ccc(F)cc1[C@H](Cn1c(=O)n(C(C)(C)C(N)=O)c(=O)c2cc(-c3ncco3)ccc21)OC1CCCCC1. The highest BCUT2D eigenvalue weighted by molar-refractivity contribution is 5.85. The Kier molecular flexibility index (Phi) is 7.81. The molecule has 4 aromatic rings. The molecule has 10 nitrogen and oxygen atoms in total. The van der Waals surface area contributed by atoms with Gasteiger partial charge in [-0.15, -0.1) is 0 Å². The van der Waals surface area contributed by atoms with Gasteiger partial charge in [-0.05, 0) is 63.1 Å². The molecule has 11 heteroatoms. The fourth-order valence-electron chi connectivity index (χ4n) is 5.42. The van der Waals surface area contributed by atoms with Gasteiger partial charge in [-0.25, -0.2) is 18.7 Å². The average Bonchev–Trinajstić information content (AvgIpc) is 3.50. The summed E-state index contributed by atoms with van der Waals surface area (Å²) in [5.74, 6) is -0.645. The molecule has 0 radical (unpaired) electrons. The van der Waals surface area contributed by atoms with Crippen molar-refractivity contribution in [2.45, 2.75) is 70.2 Å². The summed E-state index contributed by atoms with van der Waals surface area (Å²) in [6, 6.07) is 9.02. The number of carbonyl (C=O) groups is 1. The Balaban J connectivity index is 1.74. The Morgan fingerprint density at radius 2 is 1.93 bits per heavy atom. The second-order valence-electron chi connectivity index (χ2n) is 10.8. The van der Waals surface area contributed by atoms with Crippen LogP contribution in [0.2, 0.25) is 0 Å². The van der Waals surface area contributed by atoms with Crippen LogP contribution in [0.1, 0.15) is 57.6 Å². The van der Waals surface area contributed by atoms with Gasteiger partial charge in [-0.3, -0.25) is 14.2 Å². The van der Waals surface area contributed by atoms with E-state index < -0.39 is 34.6 Å². The summed E-state index contributed by atoms with van der Waals surface area (Å²) in [4.78, 5) is 44.5. The summed E-state index contributed by atoms with van der Waals surface area (Å²) in [5.41, 5.74) is 3.81. The minimum absolute atomic E-state index is 0.0842. The number of hydrogen-bond acceptors (Lipinski definition) is 7. The van der Waals surface area contributed by atoms with Crippen LogP contribution in [0.5, 0.6) is 5.75 Å². The number of ether oxygens (including phenoxy) is 2. The molecule has 2 aromatic heterocycles. The first kappa shape index (κ1) is 28.3. The number of rotatable bonds is 9. The molecule has 216 valence electrons. The van der Waals surface area contributed by atoms with Crippen molar-refractivity contribution < 1.29 is 23.1 Å². The van der Waals surface area contributed by atoms with Gasteiger partial charge >= 0.3 is 5.69 Å². The van der Waals surface area contributed by atoms with E-state index in [2.05, 4.69) is 4.98 Å². The van der Waals surface area contributed by atoms with Crippen LogP contribution in [0.25, 0.3) is 22.4 Å². The Morgan fingerprint density at radius 1 is 1.17 bits per heavy atom. The monoisotopic (exact) mass is 564 g/mol. The van der Waals surface area contributed by atoms with Gasteiger partial charge in [0.2, 0.25) is 11.8 Å². The number of amides is 1. The molecule has 1 atom stereocenters. The first-order valence-corrected chi connectivity index (χ1v) is 13.6. The molecule has 41 heavy (non-hydrogen) atoms. The van der Waals surface area contributed by atoms with E-state index in [0.29, 0.717) is 22.4 Å². The maximum atomic E-state index is 14.5. The van der Waals surface area contributed by atoms with Crippen molar-refractivity contribution in [2.24, 2.45) is 5.73 Å². The summed E-state index contributed by atoms with van der Waals surface area (Å²) in [6.07, 6.45) is 6.76. The molecule has 1 aliphatic rings. The Morgan fingerprint density at radius 3 is 2.59 bits per heavy atom. The molecule has 1 saturated carbocycles. The molecule has 1 amide bonds. The lowest BCUT2D eigenvalue weighted by molar-refractivity contribution is -0.125. The minimum atomic E-state index is -1.65. The van der Waals surface area contributed by atoms with Gasteiger partial charge in [0.1, 0.15) is 29.5 Å². The predicted octanol–water partition coefficient (Wildman–Crippen LogP) is 4.28. The maximum Gasteiger partial charge on any atom is 0.332 e. The summed E-state index contributed by atoms with van der Waals surface area (Å²) in [7, 11) is 1.48. The number of fused-ring (bicyclic) bond motifs is 1. The van der Waals surface area contributed by atoms with Crippen LogP contribution >= 0.6 is 0 Å².